The Morgan fingerprint density at radius 2 is 1.61 bits per heavy atom. The third-order valence-corrected chi connectivity index (χ3v) is 15.7. The molecule has 10 atom stereocenters. The van der Waals surface area contributed by atoms with Crippen molar-refractivity contribution in [1.82, 2.24) is 5.32 Å². The second-order valence-electron chi connectivity index (χ2n) is 17.3. The quantitative estimate of drug-likeness (QED) is 0.0641. The number of allylic oxidation sites excluding steroid dienone is 1. The molecular formula is C41H76NO8P. The third kappa shape index (κ3) is 11.5. The van der Waals surface area contributed by atoms with Crippen molar-refractivity contribution in [1.29, 1.82) is 0 Å². The zero-order chi connectivity index (χ0) is 37.1. The van der Waals surface area contributed by atoms with Gasteiger partial charge in [0.2, 0.25) is 0 Å². The van der Waals surface area contributed by atoms with Gasteiger partial charge in [0, 0.05) is 21.0 Å². The van der Waals surface area contributed by atoms with Gasteiger partial charge in [-0.25, -0.2) is 4.79 Å². The highest BCUT2D eigenvalue weighted by Crippen LogP contribution is 2.67. The molecule has 3 fully saturated rings. The summed E-state index contributed by atoms with van der Waals surface area (Å²) >= 11 is 0. The van der Waals surface area contributed by atoms with E-state index < -0.39 is 7.60 Å². The predicted molar refractivity (Wildman–Crippen MR) is 206 cm³/mol. The second-order valence-corrected chi connectivity index (χ2v) is 19.6. The maximum absolute atomic E-state index is 12.7. The molecule has 1 amide bonds. The maximum Gasteiger partial charge on any atom is 0.407 e. The molecule has 4 aliphatic rings. The first-order valence-corrected chi connectivity index (χ1v) is 22.3. The van der Waals surface area contributed by atoms with Gasteiger partial charge in [-0.3, -0.25) is 4.57 Å². The summed E-state index contributed by atoms with van der Waals surface area (Å²) in [6.07, 6.45) is 17.4. The molecule has 0 spiro atoms. The second kappa shape index (κ2) is 20.1. The van der Waals surface area contributed by atoms with Crippen LogP contribution in [0.3, 0.4) is 0 Å². The van der Waals surface area contributed by atoms with E-state index in [9.17, 15) is 14.3 Å². The Morgan fingerprint density at radius 1 is 0.922 bits per heavy atom. The zero-order valence-corrected chi connectivity index (χ0v) is 34.2. The SMILES string of the molecule is CCC(C)P(=O)(O)OCCOCCOCCOCCCNC(=O)O[C@H]1CC[C@@]2(C)C(=CCC3C4CCC([C@H](C)CCCC(C)C)[C@@]4(C)CCC32)C1.[HH]. The fourth-order valence-corrected chi connectivity index (χ4v) is 11.5. The lowest BCUT2D eigenvalue weighted by Crippen LogP contribution is -2.51. The summed E-state index contributed by atoms with van der Waals surface area (Å²) in [5.74, 6) is 4.99. The van der Waals surface area contributed by atoms with Crippen LogP contribution in [0.2, 0.25) is 0 Å². The Bertz CT molecular complexity index is 1160. The van der Waals surface area contributed by atoms with E-state index in [0.29, 0.717) is 57.8 Å². The number of carbonyl (C=O) groups excluding carboxylic acids is 1. The van der Waals surface area contributed by atoms with Crippen LogP contribution in [0, 0.1) is 46.3 Å². The van der Waals surface area contributed by atoms with Crippen LogP contribution in [0.4, 0.5) is 4.79 Å². The van der Waals surface area contributed by atoms with E-state index in [1.165, 1.54) is 51.4 Å². The van der Waals surface area contributed by atoms with Crippen molar-refractivity contribution in [3.63, 3.8) is 0 Å². The Balaban J connectivity index is 0.00000729. The van der Waals surface area contributed by atoms with Crippen LogP contribution in [0.1, 0.15) is 133 Å². The monoisotopic (exact) mass is 742 g/mol. The van der Waals surface area contributed by atoms with Gasteiger partial charge >= 0.3 is 13.7 Å². The number of fused-ring (bicyclic) bond motifs is 5. The summed E-state index contributed by atoms with van der Waals surface area (Å²) in [6.45, 7) is 19.1. The molecule has 298 valence electrons. The van der Waals surface area contributed by atoms with Gasteiger partial charge in [-0.15, -0.1) is 0 Å². The molecule has 4 aliphatic carbocycles. The lowest BCUT2D eigenvalue weighted by atomic mass is 9.47. The highest BCUT2D eigenvalue weighted by molar-refractivity contribution is 7.53. The number of carbonyl (C=O) groups is 1. The molecule has 6 unspecified atom stereocenters. The largest absolute Gasteiger partial charge is 0.446 e. The van der Waals surface area contributed by atoms with Crippen LogP contribution in [0.25, 0.3) is 0 Å². The van der Waals surface area contributed by atoms with Crippen LogP contribution in [-0.4, -0.2) is 75.5 Å². The van der Waals surface area contributed by atoms with Gasteiger partial charge in [-0.1, -0.05) is 79.4 Å². The molecule has 0 heterocycles. The van der Waals surface area contributed by atoms with E-state index in [4.69, 9.17) is 23.5 Å². The van der Waals surface area contributed by atoms with Crippen molar-refractivity contribution in [3.8, 4) is 0 Å². The first-order valence-electron chi connectivity index (χ1n) is 20.7. The van der Waals surface area contributed by atoms with E-state index in [1.807, 2.05) is 6.92 Å². The number of hydrogen-bond acceptors (Lipinski definition) is 7. The van der Waals surface area contributed by atoms with Gasteiger partial charge in [0.05, 0.1) is 45.3 Å². The first-order chi connectivity index (χ1) is 24.3. The van der Waals surface area contributed by atoms with Gasteiger partial charge in [0.25, 0.3) is 0 Å². The number of rotatable bonds is 22. The number of alkyl carbamates (subject to hydrolysis) is 1. The van der Waals surface area contributed by atoms with Gasteiger partial charge < -0.3 is 33.7 Å². The van der Waals surface area contributed by atoms with Crippen molar-refractivity contribution in [3.05, 3.63) is 11.6 Å². The van der Waals surface area contributed by atoms with Crippen LogP contribution in [0.5, 0.6) is 0 Å². The average Bonchev–Trinajstić information content (AvgIpc) is 3.45. The summed E-state index contributed by atoms with van der Waals surface area (Å²) in [5, 5.41) is 2.92. The molecule has 4 rings (SSSR count). The number of ether oxygens (including phenoxy) is 4. The Labute approximate surface area is 312 Å². The van der Waals surface area contributed by atoms with Crippen molar-refractivity contribution in [2.75, 3.05) is 52.8 Å². The molecule has 9 nitrogen and oxygen atoms in total. The van der Waals surface area contributed by atoms with Crippen molar-refractivity contribution in [2.45, 2.75) is 144 Å². The maximum atomic E-state index is 12.7. The van der Waals surface area contributed by atoms with E-state index in [1.54, 1.807) is 12.5 Å². The standard InChI is InChI=1S/C41H74NO8P.H2/c1-8-32(5)51(44,45)49-28-27-48-26-25-47-24-23-46-22-10-21-42-39(43)50-34-17-19-40(6)33(29-34)13-14-35-37-16-15-36(31(4)12-9-11-30(2)3)41(37,7)20-18-38(35)40;/h13,30-32,34-38H,8-12,14-29H2,1-7H3,(H,42,43)(H,44,45);1H/t31-,32?,34+,35?,36?,37?,38?,40+,41-;/m1./s1. The van der Waals surface area contributed by atoms with Crippen LogP contribution >= 0.6 is 7.60 Å². The smallest absolute Gasteiger partial charge is 0.407 e. The first kappa shape index (κ1) is 42.8. The lowest BCUT2D eigenvalue weighted by Gasteiger charge is -2.58. The highest BCUT2D eigenvalue weighted by atomic mass is 31.2. The topological polar surface area (TPSA) is 113 Å². The number of amides is 1. The molecular weight excluding hydrogens is 665 g/mol. The Hall–Kier alpha value is -0.960. The van der Waals surface area contributed by atoms with Crippen molar-refractivity contribution in [2.24, 2.45) is 46.3 Å². The lowest BCUT2D eigenvalue weighted by molar-refractivity contribution is -0.0581. The minimum atomic E-state index is -3.56. The van der Waals surface area contributed by atoms with E-state index in [-0.39, 0.29) is 37.9 Å². The van der Waals surface area contributed by atoms with E-state index >= 15 is 0 Å². The highest BCUT2D eigenvalue weighted by Gasteiger charge is 2.59. The fraction of sp³-hybridized carbons (Fsp3) is 0.927. The fourth-order valence-electron chi connectivity index (χ4n) is 10.4. The molecule has 0 aliphatic heterocycles. The summed E-state index contributed by atoms with van der Waals surface area (Å²) in [7, 11) is -3.56. The molecule has 0 saturated heterocycles. The molecule has 0 aromatic heterocycles. The number of nitrogens with one attached hydrogen (secondary N) is 1. The average molecular weight is 742 g/mol. The molecule has 2 N–H and O–H groups in total. The Kier molecular flexibility index (Phi) is 16.9. The van der Waals surface area contributed by atoms with Gasteiger partial charge in [0.15, 0.2) is 0 Å². The van der Waals surface area contributed by atoms with Crippen LogP contribution < -0.4 is 5.32 Å². The zero-order valence-electron chi connectivity index (χ0n) is 33.3. The molecule has 0 radical (unpaired) electrons. The number of hydrogen-bond donors (Lipinski definition) is 2. The van der Waals surface area contributed by atoms with E-state index in [2.05, 4.69) is 46.0 Å². The van der Waals surface area contributed by atoms with Gasteiger partial charge in [0.1, 0.15) is 6.10 Å². The minimum Gasteiger partial charge on any atom is -0.446 e. The normalized spacial score (nSPS) is 32.6. The molecule has 0 aromatic carbocycles. The Morgan fingerprint density at radius 3 is 2.29 bits per heavy atom. The molecule has 0 aromatic rings. The van der Waals surface area contributed by atoms with Crippen LogP contribution in [0.15, 0.2) is 11.6 Å². The van der Waals surface area contributed by atoms with Crippen LogP contribution in [-0.2, 0) is 28.0 Å². The molecule has 10 heteroatoms. The molecule has 3 saturated carbocycles. The van der Waals surface area contributed by atoms with Gasteiger partial charge in [-0.05, 0) is 104 Å². The summed E-state index contributed by atoms with van der Waals surface area (Å²) < 4.78 is 39.5. The third-order valence-electron chi connectivity index (χ3n) is 13.7. The summed E-state index contributed by atoms with van der Waals surface area (Å²) in [5.41, 5.74) is 1.94. The van der Waals surface area contributed by atoms with E-state index in [0.717, 1.165) is 54.8 Å². The minimum absolute atomic E-state index is 0. The summed E-state index contributed by atoms with van der Waals surface area (Å²) in [4.78, 5) is 22.5. The van der Waals surface area contributed by atoms with Gasteiger partial charge in [-0.2, -0.15) is 0 Å². The summed E-state index contributed by atoms with van der Waals surface area (Å²) in [6, 6.07) is 0. The molecule has 51 heavy (non-hydrogen) atoms. The van der Waals surface area contributed by atoms with Crippen molar-refractivity contribution >= 4 is 13.7 Å². The van der Waals surface area contributed by atoms with Crippen molar-refractivity contribution < 1.29 is 39.2 Å². The molecule has 0 bridgehead atoms. The predicted octanol–water partition coefficient (Wildman–Crippen LogP) is 9.81.